The number of fused-ring (bicyclic) bond motifs is 2. The zero-order valence-corrected chi connectivity index (χ0v) is 36.7. The number of hydrogen-bond acceptors (Lipinski definition) is 14. The van der Waals surface area contributed by atoms with E-state index in [-0.39, 0.29) is 30.4 Å². The summed E-state index contributed by atoms with van der Waals surface area (Å²) < 4.78 is 13.8. The van der Waals surface area contributed by atoms with E-state index < -0.39 is 29.7 Å². The van der Waals surface area contributed by atoms with Crippen molar-refractivity contribution in [3.63, 3.8) is 0 Å². The number of imide groups is 2. The summed E-state index contributed by atoms with van der Waals surface area (Å²) in [6, 6.07) is 21.4. The molecule has 9 rings (SSSR count). The fourth-order valence-electron chi connectivity index (χ4n) is 8.83. The quantitative estimate of drug-likeness (QED) is 0.0648. The Bertz CT molecular complexity index is 2620. The number of anilines is 1. The summed E-state index contributed by atoms with van der Waals surface area (Å²) in [7, 11) is 0. The van der Waals surface area contributed by atoms with Gasteiger partial charge in [0.15, 0.2) is 5.65 Å². The number of nitrogens with one attached hydrogen (secondary N) is 1. The van der Waals surface area contributed by atoms with E-state index in [1.807, 2.05) is 70.3 Å². The lowest BCUT2D eigenvalue weighted by atomic mass is 10.0. The van der Waals surface area contributed by atoms with Gasteiger partial charge in [0.25, 0.3) is 11.8 Å². The molecule has 5 aromatic rings. The molecule has 0 spiro atoms. The number of likely N-dealkylation sites (tertiary alicyclic amines) is 1. The van der Waals surface area contributed by atoms with Crippen molar-refractivity contribution in [3.8, 4) is 22.8 Å². The molecule has 0 saturated carbocycles. The van der Waals surface area contributed by atoms with Crippen LogP contribution in [-0.2, 0) is 19.1 Å². The number of amides is 5. The van der Waals surface area contributed by atoms with E-state index in [0.717, 1.165) is 61.8 Å². The molecule has 0 aliphatic carbocycles. The highest BCUT2D eigenvalue weighted by Gasteiger charge is 2.45. The van der Waals surface area contributed by atoms with Gasteiger partial charge in [-0.1, -0.05) is 30.3 Å². The summed E-state index contributed by atoms with van der Waals surface area (Å²) in [5.74, 6) is 0.323. The van der Waals surface area contributed by atoms with Gasteiger partial charge in [-0.2, -0.15) is 5.10 Å². The average Bonchev–Trinajstić information content (AvgIpc) is 3.84. The summed E-state index contributed by atoms with van der Waals surface area (Å²) in [6.07, 6.45) is 6.99. The average molecular weight is 899 g/mol. The Morgan fingerprint density at radius 3 is 2.45 bits per heavy atom. The predicted octanol–water partition coefficient (Wildman–Crippen LogP) is 4.42. The highest BCUT2D eigenvalue weighted by molar-refractivity contribution is 7.99. The first-order chi connectivity index (χ1) is 31.7. The minimum absolute atomic E-state index is 0.0191. The lowest BCUT2D eigenvalue weighted by Crippen LogP contribution is -2.54. The fraction of sp³-hybridized carbons (Fsp3) is 0.362. The van der Waals surface area contributed by atoms with Gasteiger partial charge in [0.05, 0.1) is 35.8 Å². The number of piperidine rings is 2. The molecule has 2 aromatic heterocycles. The summed E-state index contributed by atoms with van der Waals surface area (Å²) in [4.78, 5) is 81.2. The normalized spacial score (nSPS) is 19.6. The van der Waals surface area contributed by atoms with E-state index in [4.69, 9.17) is 20.3 Å². The van der Waals surface area contributed by atoms with E-state index >= 15 is 0 Å². The van der Waals surface area contributed by atoms with Crippen molar-refractivity contribution in [2.75, 3.05) is 77.1 Å². The van der Waals surface area contributed by atoms with Gasteiger partial charge < -0.3 is 20.1 Å². The number of ether oxygens (including phenoxy) is 2. The molecule has 1 unspecified atom stereocenters. The molecule has 0 radical (unpaired) electrons. The second kappa shape index (κ2) is 19.7. The number of piperazine rings is 1. The predicted molar refractivity (Wildman–Crippen MR) is 243 cm³/mol. The van der Waals surface area contributed by atoms with E-state index in [1.165, 1.54) is 18.1 Å². The van der Waals surface area contributed by atoms with Crippen LogP contribution < -0.4 is 15.8 Å². The van der Waals surface area contributed by atoms with E-state index in [1.54, 1.807) is 24.3 Å². The van der Waals surface area contributed by atoms with Crippen molar-refractivity contribution in [2.45, 2.75) is 42.7 Å². The maximum atomic E-state index is 13.5. The number of nitrogens with two attached hydrogens (primary N) is 1. The zero-order valence-electron chi connectivity index (χ0n) is 35.8. The summed E-state index contributed by atoms with van der Waals surface area (Å²) >= 11 is 1.44. The van der Waals surface area contributed by atoms with E-state index in [2.05, 4.69) is 25.1 Å². The van der Waals surface area contributed by atoms with E-state index in [0.29, 0.717) is 77.4 Å². The number of benzene rings is 3. The van der Waals surface area contributed by atoms with Crippen molar-refractivity contribution in [3.05, 3.63) is 102 Å². The van der Waals surface area contributed by atoms with E-state index in [9.17, 15) is 24.0 Å². The minimum atomic E-state index is -0.995. The van der Waals surface area contributed by atoms with Gasteiger partial charge in [0, 0.05) is 81.1 Å². The molecule has 336 valence electrons. The fourth-order valence-corrected chi connectivity index (χ4v) is 9.76. The third-order valence-corrected chi connectivity index (χ3v) is 13.3. The number of carbonyl (C=O) groups excluding carboxylic acids is 5. The molecule has 3 fully saturated rings. The Hall–Kier alpha value is -6.47. The largest absolute Gasteiger partial charge is 0.457 e. The second-order valence-electron chi connectivity index (χ2n) is 16.4. The number of rotatable bonds is 15. The van der Waals surface area contributed by atoms with Crippen LogP contribution in [-0.4, -0.2) is 146 Å². The molecule has 5 amide bonds. The maximum Gasteiger partial charge on any atom is 0.263 e. The topological polar surface area (TPSA) is 198 Å². The standard InChI is InChI=1S/C47H50N10O7S/c48-43-41-42(31-13-15-34(16-14-31)64-33-8-2-1-3-9-33)52-57(44(41)50-30-49-43)32-7-5-20-55(29-32)39(59)12-6-19-53-21-23-54(24-22-53)25-26-63-27-28-65-37-11-4-10-35-40(37)47(62)56(46(35)61)36-17-18-38(58)51-45(36)60/h1-4,6,8-16,30,32,36H,5,7,17-29H2,(H2,48,49,50)(H,51,58,60)/b12-6+/t32-,36?/m1/s1. The Kier molecular flexibility index (Phi) is 13.3. The first-order valence-electron chi connectivity index (χ1n) is 22.0. The summed E-state index contributed by atoms with van der Waals surface area (Å²) in [5, 5.41) is 7.95. The van der Waals surface area contributed by atoms with Crippen molar-refractivity contribution in [1.29, 1.82) is 0 Å². The Balaban J connectivity index is 0.705. The van der Waals surface area contributed by atoms with Gasteiger partial charge in [0.2, 0.25) is 17.7 Å². The first kappa shape index (κ1) is 43.8. The van der Waals surface area contributed by atoms with Gasteiger partial charge in [-0.25, -0.2) is 14.6 Å². The molecule has 17 nitrogen and oxygen atoms in total. The van der Waals surface area contributed by atoms with Crippen LogP contribution in [0.2, 0.25) is 0 Å². The van der Waals surface area contributed by atoms with Crippen LogP contribution in [0, 0.1) is 0 Å². The molecule has 2 atom stereocenters. The van der Waals surface area contributed by atoms with Crippen LogP contribution in [0.1, 0.15) is 52.4 Å². The Morgan fingerprint density at radius 1 is 0.862 bits per heavy atom. The van der Waals surface area contributed by atoms with Crippen LogP contribution in [0.25, 0.3) is 22.3 Å². The van der Waals surface area contributed by atoms with Gasteiger partial charge in [0.1, 0.15) is 35.4 Å². The zero-order chi connectivity index (χ0) is 44.9. The van der Waals surface area contributed by atoms with Crippen LogP contribution in [0.15, 0.2) is 96.2 Å². The molecule has 4 aliphatic heterocycles. The molecule has 6 heterocycles. The number of aromatic nitrogens is 4. The number of nitrogen functional groups attached to an aromatic ring is 1. The highest BCUT2D eigenvalue weighted by Crippen LogP contribution is 2.36. The highest BCUT2D eigenvalue weighted by atomic mass is 32.2. The summed E-state index contributed by atoms with van der Waals surface area (Å²) in [6.45, 7) is 7.23. The molecule has 4 aliphatic rings. The summed E-state index contributed by atoms with van der Waals surface area (Å²) in [5.41, 5.74) is 9.18. The van der Waals surface area contributed by atoms with Crippen molar-refractivity contribution in [2.24, 2.45) is 0 Å². The third-order valence-electron chi connectivity index (χ3n) is 12.2. The first-order valence-corrected chi connectivity index (χ1v) is 23.0. The number of nitrogens with zero attached hydrogens (tertiary/aromatic N) is 8. The lowest BCUT2D eigenvalue weighted by Gasteiger charge is -2.34. The second-order valence-corrected chi connectivity index (χ2v) is 17.5. The maximum absolute atomic E-state index is 13.5. The van der Waals surface area contributed by atoms with Gasteiger partial charge in [-0.3, -0.25) is 44.0 Å². The smallest absolute Gasteiger partial charge is 0.263 e. The molecular formula is C47H50N10O7S. The minimum Gasteiger partial charge on any atom is -0.457 e. The third kappa shape index (κ3) is 9.66. The molecule has 3 saturated heterocycles. The number of carbonyl (C=O) groups is 5. The SMILES string of the molecule is Nc1ncnc2c1c(-c1ccc(Oc3ccccc3)cc1)nn2[C@@H]1CCCN(C(=O)/C=C/CN2CCN(CCOCCSc3cccc4c3C(=O)N(C3CCC(=O)NC3=O)C4=O)CC2)C1. The monoisotopic (exact) mass is 898 g/mol. The number of thioether (sulfide) groups is 1. The van der Waals surface area contributed by atoms with Gasteiger partial charge >= 0.3 is 0 Å². The van der Waals surface area contributed by atoms with Crippen molar-refractivity contribution in [1.82, 2.24) is 44.7 Å². The Labute approximate surface area is 379 Å². The molecule has 18 heteroatoms. The van der Waals surface area contributed by atoms with Gasteiger partial charge in [-0.15, -0.1) is 11.8 Å². The Morgan fingerprint density at radius 2 is 1.65 bits per heavy atom. The molecule has 0 bridgehead atoms. The van der Waals surface area contributed by atoms with Crippen LogP contribution in [0.5, 0.6) is 11.5 Å². The van der Waals surface area contributed by atoms with Crippen molar-refractivity contribution >= 4 is 58.1 Å². The van der Waals surface area contributed by atoms with Gasteiger partial charge in [-0.05, 0) is 67.8 Å². The van der Waals surface area contributed by atoms with Crippen LogP contribution in [0.3, 0.4) is 0 Å². The lowest BCUT2D eigenvalue weighted by molar-refractivity contribution is -0.136. The van der Waals surface area contributed by atoms with Crippen LogP contribution >= 0.6 is 11.8 Å². The van der Waals surface area contributed by atoms with Crippen molar-refractivity contribution < 1.29 is 33.4 Å². The number of para-hydroxylation sites is 1. The molecule has 3 aromatic carbocycles. The molecule has 65 heavy (non-hydrogen) atoms. The number of hydrogen-bond donors (Lipinski definition) is 2. The van der Waals surface area contributed by atoms with Crippen LogP contribution in [0.4, 0.5) is 5.82 Å². The molecular weight excluding hydrogens is 849 g/mol. The molecule has 3 N–H and O–H groups in total.